The van der Waals surface area contributed by atoms with Gasteiger partial charge in [0, 0.05) is 34.1 Å². The molecule has 8 heteroatoms. The van der Waals surface area contributed by atoms with Crippen molar-refractivity contribution in [2.45, 2.75) is 26.2 Å². The molecule has 1 aliphatic carbocycles. The highest BCUT2D eigenvalue weighted by atomic mass is 35.5. The summed E-state index contributed by atoms with van der Waals surface area (Å²) in [4.78, 5) is 31.1. The highest BCUT2D eigenvalue weighted by Crippen LogP contribution is 2.58. The van der Waals surface area contributed by atoms with Crippen molar-refractivity contribution in [2.24, 2.45) is 18.4 Å². The molecule has 210 valence electrons. The van der Waals surface area contributed by atoms with Crippen LogP contribution in [0.3, 0.4) is 0 Å². The van der Waals surface area contributed by atoms with Gasteiger partial charge in [0.25, 0.3) is 0 Å². The molecule has 0 bridgehead atoms. The molecule has 5 aromatic rings. The molecule has 1 saturated heterocycles. The number of aryl methyl sites for hydroxylation is 2. The minimum atomic E-state index is -1.07. The third-order valence-electron chi connectivity index (χ3n) is 9.13. The molecular weight excluding hydrogens is 566 g/mol. The number of aromatic hydroxyl groups is 1. The first-order valence-electron chi connectivity index (χ1n) is 13.8. The number of aromatic nitrogens is 2. The van der Waals surface area contributed by atoms with Gasteiger partial charge in [-0.15, -0.1) is 11.3 Å². The fraction of sp³-hybridized carbons (Fsp3) is 0.206. The van der Waals surface area contributed by atoms with E-state index in [1.807, 2.05) is 74.5 Å². The molecule has 2 aromatic heterocycles. The minimum absolute atomic E-state index is 0.174. The number of fused-ring (bicyclic) bond motifs is 3. The van der Waals surface area contributed by atoms with Crippen LogP contribution in [0.1, 0.15) is 30.4 Å². The topological polar surface area (TPSA) is 75.4 Å². The van der Waals surface area contributed by atoms with Crippen molar-refractivity contribution in [3.8, 4) is 16.3 Å². The average molecular weight is 594 g/mol. The molecule has 3 heterocycles. The number of anilines is 1. The number of phenolic OH excluding ortho intramolecular Hbond substituents is 1. The van der Waals surface area contributed by atoms with Gasteiger partial charge in [-0.2, -0.15) is 5.10 Å². The molecule has 0 spiro atoms. The van der Waals surface area contributed by atoms with Crippen molar-refractivity contribution < 1.29 is 14.7 Å². The molecular formula is C34H28ClN3O3S. The second kappa shape index (κ2) is 9.41. The number of carbonyl (C=O) groups excluding carboxylic acids is 2. The Morgan fingerprint density at radius 2 is 1.86 bits per heavy atom. The minimum Gasteiger partial charge on any atom is -0.507 e. The van der Waals surface area contributed by atoms with Crippen molar-refractivity contribution in [3.63, 3.8) is 0 Å². The van der Waals surface area contributed by atoms with Gasteiger partial charge in [-0.3, -0.25) is 14.3 Å². The van der Waals surface area contributed by atoms with E-state index in [1.165, 1.54) is 4.90 Å². The number of imide groups is 1. The Morgan fingerprint density at radius 1 is 1.10 bits per heavy atom. The van der Waals surface area contributed by atoms with Crippen LogP contribution >= 0.6 is 22.9 Å². The second-order valence-electron chi connectivity index (χ2n) is 11.3. The van der Waals surface area contributed by atoms with Crippen LogP contribution in [0.15, 0.2) is 85.0 Å². The number of allylic oxidation sites excluding steroid dienone is 3. The Balaban J connectivity index is 1.35. The number of hydrogen-bond acceptors (Lipinski definition) is 5. The van der Waals surface area contributed by atoms with Crippen LogP contribution < -0.4 is 4.90 Å². The third-order valence-corrected chi connectivity index (χ3v) is 10.7. The number of carbonyl (C=O) groups is 2. The number of nitrogens with zero attached hydrogens (tertiary/aromatic N) is 3. The molecule has 1 aliphatic heterocycles. The molecule has 7 rings (SSSR count). The van der Waals surface area contributed by atoms with E-state index in [0.29, 0.717) is 28.3 Å². The van der Waals surface area contributed by atoms with Gasteiger partial charge in [-0.25, -0.2) is 4.90 Å². The maximum absolute atomic E-state index is 14.6. The van der Waals surface area contributed by atoms with E-state index in [4.69, 9.17) is 16.7 Å². The quantitative estimate of drug-likeness (QED) is 0.215. The largest absolute Gasteiger partial charge is 0.507 e. The van der Waals surface area contributed by atoms with Crippen molar-refractivity contribution in [1.82, 2.24) is 9.78 Å². The van der Waals surface area contributed by atoms with Crippen molar-refractivity contribution >= 4 is 61.4 Å². The van der Waals surface area contributed by atoms with Gasteiger partial charge in [-0.1, -0.05) is 60.7 Å². The van der Waals surface area contributed by atoms with Crippen molar-refractivity contribution in [1.29, 1.82) is 0 Å². The van der Waals surface area contributed by atoms with Gasteiger partial charge in [0.2, 0.25) is 11.8 Å². The van der Waals surface area contributed by atoms with E-state index in [9.17, 15) is 14.7 Å². The van der Waals surface area contributed by atoms with Gasteiger partial charge in [0.1, 0.15) is 17.3 Å². The Morgan fingerprint density at radius 3 is 2.62 bits per heavy atom. The maximum atomic E-state index is 14.6. The van der Waals surface area contributed by atoms with E-state index in [-0.39, 0.29) is 17.6 Å². The third kappa shape index (κ3) is 3.60. The first-order valence-corrected chi connectivity index (χ1v) is 15.0. The summed E-state index contributed by atoms with van der Waals surface area (Å²) in [5, 5.41) is 18.6. The van der Waals surface area contributed by atoms with Crippen LogP contribution in [0.25, 0.3) is 31.4 Å². The van der Waals surface area contributed by atoms with Crippen LogP contribution in [0.5, 0.6) is 5.75 Å². The first-order chi connectivity index (χ1) is 20.1. The molecule has 0 unspecified atom stereocenters. The summed E-state index contributed by atoms with van der Waals surface area (Å²) >= 11 is 7.88. The number of hydrogen-bond donors (Lipinski definition) is 1. The number of amides is 2. The van der Waals surface area contributed by atoms with Gasteiger partial charge in [0.15, 0.2) is 0 Å². The summed E-state index contributed by atoms with van der Waals surface area (Å²) in [6.07, 6.45) is 4.25. The smallest absolute Gasteiger partial charge is 0.242 e. The molecule has 3 atom stereocenters. The Bertz CT molecular complexity index is 2020. The number of rotatable bonds is 4. The van der Waals surface area contributed by atoms with E-state index in [1.54, 1.807) is 35.2 Å². The molecule has 2 amide bonds. The maximum Gasteiger partial charge on any atom is 0.242 e. The monoisotopic (exact) mass is 593 g/mol. The number of phenols is 1. The van der Waals surface area contributed by atoms with Crippen LogP contribution in [-0.4, -0.2) is 26.7 Å². The molecule has 3 aromatic carbocycles. The van der Waals surface area contributed by atoms with Crippen molar-refractivity contribution in [3.05, 3.63) is 101 Å². The van der Waals surface area contributed by atoms with Crippen molar-refractivity contribution in [2.75, 3.05) is 4.90 Å². The van der Waals surface area contributed by atoms with Crippen LogP contribution in [0.4, 0.5) is 5.82 Å². The van der Waals surface area contributed by atoms with Gasteiger partial charge < -0.3 is 5.11 Å². The van der Waals surface area contributed by atoms with E-state index in [2.05, 4.69) is 6.58 Å². The van der Waals surface area contributed by atoms with Gasteiger partial charge in [0.05, 0.1) is 16.2 Å². The molecule has 2 aliphatic rings. The summed E-state index contributed by atoms with van der Waals surface area (Å²) in [7, 11) is 1.77. The zero-order valence-electron chi connectivity index (χ0n) is 23.4. The van der Waals surface area contributed by atoms with Crippen LogP contribution in [-0.2, 0) is 16.6 Å². The highest BCUT2D eigenvalue weighted by molar-refractivity contribution is 7.22. The lowest BCUT2D eigenvalue weighted by atomic mass is 9.59. The summed E-state index contributed by atoms with van der Waals surface area (Å²) in [5.74, 6) is -0.862. The normalized spacial score (nSPS) is 22.2. The highest BCUT2D eigenvalue weighted by Gasteiger charge is 2.62. The standard InChI is InChI=1S/C34H28ClN3O3S/c1-5-19-10-13-25-32(40)38(29-17-26(36-37(29)4)31-18(2)24-16-20(35)11-15-28(24)42-31)33(41)34(25,3)30(19)23-12-14-27(39)22-9-7-6-8-21(22)23/h5-12,14-17,25,30,39H,1,13H2,2-4H3/t25-,30+,34+/m0/s1. The Labute approximate surface area is 252 Å². The lowest BCUT2D eigenvalue weighted by molar-refractivity contribution is -0.127. The fourth-order valence-corrected chi connectivity index (χ4v) is 8.30. The summed E-state index contributed by atoms with van der Waals surface area (Å²) in [6.45, 7) is 8.00. The summed E-state index contributed by atoms with van der Waals surface area (Å²) in [6, 6.07) is 18.8. The number of halogens is 1. The average Bonchev–Trinajstić information content (AvgIpc) is 3.58. The van der Waals surface area contributed by atoms with E-state index >= 15 is 0 Å². The number of benzene rings is 3. The fourth-order valence-electron chi connectivity index (χ4n) is 6.98. The van der Waals surface area contributed by atoms with Gasteiger partial charge >= 0.3 is 0 Å². The summed E-state index contributed by atoms with van der Waals surface area (Å²) in [5.41, 5.74) is 2.48. The molecule has 1 N–H and O–H groups in total. The Hall–Kier alpha value is -4.20. The zero-order chi connectivity index (χ0) is 29.5. The molecule has 0 saturated carbocycles. The zero-order valence-corrected chi connectivity index (χ0v) is 25.0. The lowest BCUT2D eigenvalue weighted by Crippen LogP contribution is -2.42. The molecule has 42 heavy (non-hydrogen) atoms. The second-order valence-corrected chi connectivity index (χ2v) is 12.8. The predicted octanol–water partition coefficient (Wildman–Crippen LogP) is 7.92. The van der Waals surface area contributed by atoms with E-state index in [0.717, 1.165) is 37.0 Å². The first kappa shape index (κ1) is 26.7. The van der Waals surface area contributed by atoms with Gasteiger partial charge in [-0.05, 0) is 72.0 Å². The molecule has 0 radical (unpaired) electrons. The van der Waals surface area contributed by atoms with E-state index < -0.39 is 17.3 Å². The number of thiophene rings is 1. The molecule has 1 fully saturated rings. The molecule has 6 nitrogen and oxygen atoms in total. The predicted molar refractivity (Wildman–Crippen MR) is 169 cm³/mol. The van der Waals surface area contributed by atoms with Crippen LogP contribution in [0, 0.1) is 18.3 Å². The summed E-state index contributed by atoms with van der Waals surface area (Å²) < 4.78 is 2.72. The SMILES string of the molecule is C=CC1=CC[C@H]2C(=O)N(c3cc(-c4sc5ccc(Cl)cc5c4C)nn3C)C(=O)[C@@]2(C)[C@H]1c1ccc(O)c2ccccc12. The van der Waals surface area contributed by atoms with Crippen LogP contribution in [0.2, 0.25) is 5.02 Å². The Kier molecular flexibility index (Phi) is 5.98. The lowest BCUT2D eigenvalue weighted by Gasteiger charge is -2.40.